The van der Waals surface area contributed by atoms with E-state index in [1.807, 2.05) is 17.8 Å². The lowest BCUT2D eigenvalue weighted by Gasteiger charge is -2.34. The molecule has 1 aliphatic heterocycles. The molecular formula is C18H20FN3O2. The first-order valence-corrected chi connectivity index (χ1v) is 7.92. The average Bonchev–Trinajstić information content (AvgIpc) is 3.02. The number of benzene rings is 1. The second-order valence-corrected chi connectivity index (χ2v) is 6.11. The van der Waals surface area contributed by atoms with Crippen molar-refractivity contribution in [1.29, 1.82) is 0 Å². The molecule has 0 radical (unpaired) electrons. The highest BCUT2D eigenvalue weighted by Crippen LogP contribution is 2.14. The number of halogens is 1. The van der Waals surface area contributed by atoms with Crippen LogP contribution in [-0.2, 0) is 7.05 Å². The highest BCUT2D eigenvalue weighted by Gasteiger charge is 2.26. The zero-order valence-electron chi connectivity index (χ0n) is 13.8. The topological polar surface area (TPSA) is 45.6 Å². The highest BCUT2D eigenvalue weighted by atomic mass is 19.1. The van der Waals surface area contributed by atoms with Crippen molar-refractivity contribution in [3.05, 3.63) is 59.2 Å². The Labute approximate surface area is 140 Å². The van der Waals surface area contributed by atoms with Gasteiger partial charge in [0, 0.05) is 51.2 Å². The number of aryl methyl sites for hydroxylation is 2. The summed E-state index contributed by atoms with van der Waals surface area (Å²) >= 11 is 0. The van der Waals surface area contributed by atoms with E-state index in [4.69, 9.17) is 0 Å². The Morgan fingerprint density at radius 1 is 0.958 bits per heavy atom. The molecule has 24 heavy (non-hydrogen) atoms. The van der Waals surface area contributed by atoms with Crippen molar-refractivity contribution >= 4 is 11.8 Å². The summed E-state index contributed by atoms with van der Waals surface area (Å²) in [6.45, 7) is 3.60. The molecule has 3 rings (SSSR count). The first kappa shape index (κ1) is 16.2. The summed E-state index contributed by atoms with van der Waals surface area (Å²) in [5.74, 6) is -0.449. The fraction of sp³-hybridized carbons (Fsp3) is 0.333. The molecule has 1 aliphatic rings. The Bertz CT molecular complexity index is 776. The van der Waals surface area contributed by atoms with Crippen LogP contribution in [0.15, 0.2) is 36.7 Å². The van der Waals surface area contributed by atoms with E-state index < -0.39 is 0 Å². The number of rotatable bonds is 2. The van der Waals surface area contributed by atoms with Gasteiger partial charge in [-0.2, -0.15) is 0 Å². The van der Waals surface area contributed by atoms with Gasteiger partial charge in [-0.3, -0.25) is 9.59 Å². The molecule has 126 valence electrons. The number of amides is 2. The van der Waals surface area contributed by atoms with E-state index in [0.29, 0.717) is 42.9 Å². The number of hydrogen-bond acceptors (Lipinski definition) is 2. The van der Waals surface area contributed by atoms with Crippen LogP contribution >= 0.6 is 0 Å². The normalized spacial score (nSPS) is 14.8. The molecule has 0 saturated carbocycles. The third-order valence-corrected chi connectivity index (χ3v) is 4.34. The lowest BCUT2D eigenvalue weighted by atomic mass is 10.1. The van der Waals surface area contributed by atoms with E-state index in [2.05, 4.69) is 0 Å². The molecule has 1 aromatic heterocycles. The van der Waals surface area contributed by atoms with Crippen LogP contribution in [0.5, 0.6) is 0 Å². The van der Waals surface area contributed by atoms with Crippen LogP contribution < -0.4 is 0 Å². The lowest BCUT2D eigenvalue weighted by Crippen LogP contribution is -2.50. The summed E-state index contributed by atoms with van der Waals surface area (Å²) in [5.41, 5.74) is 1.60. The third-order valence-electron chi connectivity index (χ3n) is 4.34. The molecule has 5 nitrogen and oxygen atoms in total. The highest BCUT2D eigenvalue weighted by molar-refractivity contribution is 5.96. The standard InChI is InChI=1S/C18H20FN3O2/c1-13-11-14(3-4-16(13)19)17(23)21-7-9-22(10-8-21)18(24)15-5-6-20(2)12-15/h3-6,11-12H,7-10H2,1-2H3. The number of nitrogens with zero attached hydrogens (tertiary/aromatic N) is 3. The summed E-state index contributed by atoms with van der Waals surface area (Å²) < 4.78 is 15.2. The van der Waals surface area contributed by atoms with Crippen LogP contribution in [-0.4, -0.2) is 52.4 Å². The van der Waals surface area contributed by atoms with E-state index in [9.17, 15) is 14.0 Å². The molecule has 0 aliphatic carbocycles. The number of piperazine rings is 1. The quantitative estimate of drug-likeness (QED) is 0.847. The van der Waals surface area contributed by atoms with Crippen LogP contribution in [0.3, 0.4) is 0 Å². The van der Waals surface area contributed by atoms with Gasteiger partial charge >= 0.3 is 0 Å². The van der Waals surface area contributed by atoms with Gasteiger partial charge in [0.05, 0.1) is 5.56 Å². The lowest BCUT2D eigenvalue weighted by molar-refractivity contribution is 0.0535. The smallest absolute Gasteiger partial charge is 0.255 e. The molecule has 0 N–H and O–H groups in total. The maximum Gasteiger partial charge on any atom is 0.255 e. The molecule has 2 aromatic rings. The summed E-state index contributed by atoms with van der Waals surface area (Å²) in [7, 11) is 1.87. The van der Waals surface area contributed by atoms with Crippen LogP contribution in [0.1, 0.15) is 26.3 Å². The first-order chi connectivity index (χ1) is 11.5. The van der Waals surface area contributed by atoms with E-state index in [1.54, 1.807) is 35.1 Å². The summed E-state index contributed by atoms with van der Waals surface area (Å²) in [4.78, 5) is 28.4. The number of aromatic nitrogens is 1. The van der Waals surface area contributed by atoms with Gasteiger partial charge in [0.15, 0.2) is 0 Å². The van der Waals surface area contributed by atoms with E-state index in [0.717, 1.165) is 0 Å². The van der Waals surface area contributed by atoms with Gasteiger partial charge in [0.25, 0.3) is 11.8 Å². The van der Waals surface area contributed by atoms with E-state index in [-0.39, 0.29) is 17.6 Å². The molecule has 0 spiro atoms. The predicted octanol–water partition coefficient (Wildman–Crippen LogP) is 2.07. The van der Waals surface area contributed by atoms with Gasteiger partial charge in [-0.1, -0.05) is 0 Å². The monoisotopic (exact) mass is 329 g/mol. The Balaban J connectivity index is 1.63. The first-order valence-electron chi connectivity index (χ1n) is 7.92. The van der Waals surface area contributed by atoms with Crippen molar-refractivity contribution in [3.63, 3.8) is 0 Å². The Morgan fingerprint density at radius 2 is 1.54 bits per heavy atom. The van der Waals surface area contributed by atoms with Crippen LogP contribution in [0, 0.1) is 12.7 Å². The predicted molar refractivity (Wildman–Crippen MR) is 88.4 cm³/mol. The maximum atomic E-state index is 13.3. The van der Waals surface area contributed by atoms with Crippen molar-refractivity contribution in [2.45, 2.75) is 6.92 Å². The van der Waals surface area contributed by atoms with E-state index in [1.165, 1.54) is 12.1 Å². The molecule has 1 aromatic carbocycles. The van der Waals surface area contributed by atoms with Gasteiger partial charge in [-0.15, -0.1) is 0 Å². The Hall–Kier alpha value is -2.63. The van der Waals surface area contributed by atoms with Gasteiger partial charge in [0.1, 0.15) is 5.82 Å². The molecule has 2 heterocycles. The Kier molecular flexibility index (Phi) is 4.38. The van der Waals surface area contributed by atoms with E-state index >= 15 is 0 Å². The molecule has 0 atom stereocenters. The average molecular weight is 329 g/mol. The molecule has 0 bridgehead atoms. The van der Waals surface area contributed by atoms with Crippen molar-refractivity contribution < 1.29 is 14.0 Å². The maximum absolute atomic E-state index is 13.3. The molecule has 1 saturated heterocycles. The summed E-state index contributed by atoms with van der Waals surface area (Å²) in [5, 5.41) is 0. The third kappa shape index (κ3) is 3.18. The van der Waals surface area contributed by atoms with Crippen molar-refractivity contribution in [2.24, 2.45) is 7.05 Å². The molecule has 6 heteroatoms. The largest absolute Gasteiger partial charge is 0.356 e. The zero-order valence-corrected chi connectivity index (χ0v) is 13.8. The minimum absolute atomic E-state index is 0.0136. The molecule has 2 amide bonds. The van der Waals surface area contributed by atoms with Crippen LogP contribution in [0.2, 0.25) is 0 Å². The van der Waals surface area contributed by atoms with Crippen LogP contribution in [0.25, 0.3) is 0 Å². The minimum Gasteiger partial charge on any atom is -0.356 e. The number of carbonyl (C=O) groups excluding carboxylic acids is 2. The fourth-order valence-electron chi connectivity index (χ4n) is 2.89. The number of carbonyl (C=O) groups is 2. The zero-order chi connectivity index (χ0) is 17.3. The number of hydrogen-bond donors (Lipinski definition) is 0. The van der Waals surface area contributed by atoms with Gasteiger partial charge in [-0.05, 0) is 36.8 Å². The SMILES string of the molecule is Cc1cc(C(=O)N2CCN(C(=O)c3ccn(C)c3)CC2)ccc1F. The second kappa shape index (κ2) is 6.47. The van der Waals surface area contributed by atoms with Crippen LogP contribution in [0.4, 0.5) is 4.39 Å². The molecule has 0 unspecified atom stereocenters. The molecule has 1 fully saturated rings. The minimum atomic E-state index is -0.315. The van der Waals surface area contributed by atoms with Crippen molar-refractivity contribution in [1.82, 2.24) is 14.4 Å². The summed E-state index contributed by atoms with van der Waals surface area (Å²) in [6, 6.07) is 6.18. The van der Waals surface area contributed by atoms with Crippen molar-refractivity contribution in [2.75, 3.05) is 26.2 Å². The Morgan fingerprint density at radius 3 is 2.04 bits per heavy atom. The van der Waals surface area contributed by atoms with Gasteiger partial charge in [0.2, 0.25) is 0 Å². The van der Waals surface area contributed by atoms with Gasteiger partial charge in [-0.25, -0.2) is 4.39 Å². The van der Waals surface area contributed by atoms with Gasteiger partial charge < -0.3 is 14.4 Å². The van der Waals surface area contributed by atoms with Crippen molar-refractivity contribution in [3.8, 4) is 0 Å². The molecular weight excluding hydrogens is 309 g/mol. The second-order valence-electron chi connectivity index (χ2n) is 6.11. The summed E-state index contributed by atoms with van der Waals surface area (Å²) in [6.07, 6.45) is 3.63. The fourth-order valence-corrected chi connectivity index (χ4v) is 2.89.